The number of thiophene rings is 1. The lowest BCUT2D eigenvalue weighted by Gasteiger charge is -2.07. The highest BCUT2D eigenvalue weighted by atomic mass is 35.5. The smallest absolute Gasteiger partial charge is 0.413 e. The highest BCUT2D eigenvalue weighted by molar-refractivity contribution is 7.17. The molecule has 0 aliphatic carbocycles. The van der Waals surface area contributed by atoms with Crippen LogP contribution in [0.2, 0.25) is 5.15 Å². The van der Waals surface area contributed by atoms with Crippen LogP contribution in [-0.4, -0.2) is 11.1 Å². The van der Waals surface area contributed by atoms with Crippen molar-refractivity contribution in [3.63, 3.8) is 0 Å². The molecule has 0 aromatic carbocycles. The van der Waals surface area contributed by atoms with Gasteiger partial charge in [-0.3, -0.25) is 0 Å². The molecule has 0 unspecified atom stereocenters. The predicted molar refractivity (Wildman–Crippen MR) is 80.9 cm³/mol. The maximum Gasteiger partial charge on any atom is 0.413 e. The topological polar surface area (TPSA) is 64.4 Å². The summed E-state index contributed by atoms with van der Waals surface area (Å²) < 4.78 is 11.2. The van der Waals surface area contributed by atoms with Gasteiger partial charge in [-0.05, 0) is 30.0 Å². The highest BCUT2D eigenvalue weighted by Gasteiger charge is 2.13. The molecule has 108 valence electrons. The fourth-order valence-electron chi connectivity index (χ4n) is 1.85. The molecule has 0 spiro atoms. The third kappa shape index (κ3) is 3.01. The third-order valence-corrected chi connectivity index (χ3v) is 4.12. The van der Waals surface area contributed by atoms with Crippen molar-refractivity contribution in [1.82, 2.24) is 10.3 Å². The van der Waals surface area contributed by atoms with Crippen LogP contribution in [0.25, 0.3) is 10.2 Å². The van der Waals surface area contributed by atoms with E-state index in [1.54, 1.807) is 18.4 Å². The molecule has 1 amide bonds. The van der Waals surface area contributed by atoms with Crippen LogP contribution in [0.3, 0.4) is 0 Å². The second-order valence-electron chi connectivity index (χ2n) is 4.36. The molecule has 0 radical (unpaired) electrons. The van der Waals surface area contributed by atoms with E-state index in [1.807, 2.05) is 12.3 Å². The molecular weight excluding hydrogens is 312 g/mol. The molecule has 21 heavy (non-hydrogen) atoms. The molecule has 0 saturated heterocycles. The minimum atomic E-state index is -0.569. The fourth-order valence-corrected chi connectivity index (χ4v) is 2.97. The molecule has 0 bridgehead atoms. The molecule has 0 aliphatic heterocycles. The summed E-state index contributed by atoms with van der Waals surface area (Å²) >= 11 is 7.42. The first-order valence-electron chi connectivity index (χ1n) is 6.16. The Balaban J connectivity index is 1.76. The Morgan fingerprint density at radius 3 is 3.19 bits per heavy atom. The van der Waals surface area contributed by atoms with Crippen molar-refractivity contribution >= 4 is 39.2 Å². The van der Waals surface area contributed by atoms with Crippen LogP contribution in [0.5, 0.6) is 5.75 Å². The number of halogens is 1. The first kappa shape index (κ1) is 13.9. The van der Waals surface area contributed by atoms with Crippen molar-refractivity contribution in [2.45, 2.75) is 13.5 Å². The molecule has 3 heterocycles. The van der Waals surface area contributed by atoms with E-state index >= 15 is 0 Å². The average Bonchev–Trinajstić information content (AvgIpc) is 3.07. The van der Waals surface area contributed by atoms with Crippen LogP contribution in [0.1, 0.15) is 11.3 Å². The Morgan fingerprint density at radius 1 is 1.57 bits per heavy atom. The van der Waals surface area contributed by atoms with Crippen molar-refractivity contribution in [2.75, 3.05) is 0 Å². The van der Waals surface area contributed by atoms with E-state index in [1.165, 1.54) is 17.4 Å². The number of carbonyl (C=O) groups is 1. The van der Waals surface area contributed by atoms with E-state index in [9.17, 15) is 4.79 Å². The van der Waals surface area contributed by atoms with Gasteiger partial charge < -0.3 is 14.5 Å². The maximum atomic E-state index is 11.8. The van der Waals surface area contributed by atoms with E-state index in [-0.39, 0.29) is 11.7 Å². The summed E-state index contributed by atoms with van der Waals surface area (Å²) in [6.45, 7) is 2.19. The quantitative estimate of drug-likeness (QED) is 0.736. The van der Waals surface area contributed by atoms with E-state index in [0.717, 1.165) is 15.8 Å². The van der Waals surface area contributed by atoms with Crippen LogP contribution in [0, 0.1) is 6.92 Å². The molecule has 3 rings (SSSR count). The zero-order valence-electron chi connectivity index (χ0n) is 11.1. The summed E-state index contributed by atoms with van der Waals surface area (Å²) in [5.74, 6) is 1.05. The molecule has 0 aliphatic rings. The number of ether oxygens (including phenoxy) is 1. The number of aromatic nitrogens is 1. The number of fused-ring (bicyclic) bond motifs is 1. The molecule has 3 aromatic heterocycles. The molecule has 0 saturated carbocycles. The van der Waals surface area contributed by atoms with Crippen molar-refractivity contribution in [2.24, 2.45) is 0 Å². The first-order valence-corrected chi connectivity index (χ1v) is 7.41. The number of nitrogens with one attached hydrogen (secondary N) is 1. The Morgan fingerprint density at radius 2 is 2.43 bits per heavy atom. The van der Waals surface area contributed by atoms with Gasteiger partial charge in [0.25, 0.3) is 0 Å². The summed E-state index contributed by atoms with van der Waals surface area (Å²) in [7, 11) is 0. The molecule has 0 atom stereocenters. The van der Waals surface area contributed by atoms with Gasteiger partial charge in [0.15, 0.2) is 5.75 Å². The summed E-state index contributed by atoms with van der Waals surface area (Å²) in [6.07, 6.45) is 0.976. The zero-order valence-corrected chi connectivity index (χ0v) is 12.6. The second kappa shape index (κ2) is 5.75. The predicted octanol–water partition coefficient (Wildman–Crippen LogP) is 4.14. The lowest BCUT2D eigenvalue weighted by Crippen LogP contribution is -2.26. The van der Waals surface area contributed by atoms with Gasteiger partial charge in [-0.1, -0.05) is 11.6 Å². The van der Waals surface area contributed by atoms with Crippen LogP contribution in [-0.2, 0) is 6.54 Å². The molecule has 3 aromatic rings. The Kier molecular flexibility index (Phi) is 3.81. The number of aryl methyl sites for hydroxylation is 1. The Bertz CT molecular complexity index is 783. The lowest BCUT2D eigenvalue weighted by molar-refractivity contribution is 0.199. The fraction of sp³-hybridized carbons (Fsp3) is 0.143. The van der Waals surface area contributed by atoms with Gasteiger partial charge in [0, 0.05) is 6.07 Å². The van der Waals surface area contributed by atoms with Gasteiger partial charge in [0.1, 0.15) is 10.9 Å². The number of hydrogen-bond acceptors (Lipinski definition) is 5. The van der Waals surface area contributed by atoms with Gasteiger partial charge in [-0.25, -0.2) is 9.78 Å². The number of carbonyl (C=O) groups excluding carboxylic acids is 1. The summed E-state index contributed by atoms with van der Waals surface area (Å²) in [4.78, 5) is 16.1. The van der Waals surface area contributed by atoms with Crippen LogP contribution in [0.4, 0.5) is 4.79 Å². The average molecular weight is 323 g/mol. The molecule has 7 heteroatoms. The van der Waals surface area contributed by atoms with Crippen LogP contribution in [0.15, 0.2) is 34.3 Å². The Labute approximate surface area is 129 Å². The number of hydrogen-bond donors (Lipinski definition) is 1. The Hall–Kier alpha value is -2.05. The molecule has 1 N–H and O–H groups in total. The highest BCUT2D eigenvalue weighted by Crippen LogP contribution is 2.34. The zero-order chi connectivity index (χ0) is 14.8. The van der Waals surface area contributed by atoms with Crippen LogP contribution >= 0.6 is 22.9 Å². The minimum absolute atomic E-state index is 0.261. The number of nitrogens with zero attached hydrogens (tertiary/aromatic N) is 1. The van der Waals surface area contributed by atoms with E-state index in [0.29, 0.717) is 11.5 Å². The maximum absolute atomic E-state index is 11.8. The number of furan rings is 1. The molecular formula is C14H11ClN2O3S. The van der Waals surface area contributed by atoms with Crippen molar-refractivity contribution < 1.29 is 13.9 Å². The largest absolute Gasteiger partial charge is 0.467 e. The van der Waals surface area contributed by atoms with Gasteiger partial charge >= 0.3 is 6.09 Å². The lowest BCUT2D eigenvalue weighted by atomic mass is 10.3. The summed E-state index contributed by atoms with van der Waals surface area (Å²) in [5.41, 5.74) is 1.75. The monoisotopic (exact) mass is 322 g/mol. The molecule has 0 fully saturated rings. The standard InChI is InChI=1S/C14H11ClN2O3S/c1-8-7-21-13-10(5-11(15)17-12(8)13)20-14(18)16-6-9-3-2-4-19-9/h2-5,7H,6H2,1H3,(H,16,18). The van der Waals surface area contributed by atoms with E-state index < -0.39 is 6.09 Å². The van der Waals surface area contributed by atoms with Gasteiger partial charge in [0.05, 0.1) is 23.0 Å². The summed E-state index contributed by atoms with van der Waals surface area (Å²) in [5, 5.41) is 4.85. The third-order valence-electron chi connectivity index (χ3n) is 2.82. The van der Waals surface area contributed by atoms with Gasteiger partial charge in [0.2, 0.25) is 0 Å². The van der Waals surface area contributed by atoms with Crippen molar-refractivity contribution in [3.8, 4) is 5.75 Å². The van der Waals surface area contributed by atoms with E-state index in [2.05, 4.69) is 10.3 Å². The summed E-state index contributed by atoms with van der Waals surface area (Å²) in [6, 6.07) is 5.06. The van der Waals surface area contributed by atoms with E-state index in [4.69, 9.17) is 20.8 Å². The number of amides is 1. The van der Waals surface area contributed by atoms with Gasteiger partial charge in [-0.2, -0.15) is 0 Å². The van der Waals surface area contributed by atoms with Crippen LogP contribution < -0.4 is 10.1 Å². The number of rotatable bonds is 3. The first-order chi connectivity index (χ1) is 10.1. The van der Waals surface area contributed by atoms with Crippen molar-refractivity contribution in [3.05, 3.63) is 46.3 Å². The SMILES string of the molecule is Cc1csc2c(OC(=O)NCc3ccco3)cc(Cl)nc12. The minimum Gasteiger partial charge on any atom is -0.467 e. The second-order valence-corrected chi connectivity index (χ2v) is 5.63. The number of pyridine rings is 1. The normalized spacial score (nSPS) is 10.8. The molecule has 5 nitrogen and oxygen atoms in total. The van der Waals surface area contributed by atoms with Crippen molar-refractivity contribution in [1.29, 1.82) is 0 Å². The van der Waals surface area contributed by atoms with Gasteiger partial charge in [-0.15, -0.1) is 11.3 Å².